The second-order valence-electron chi connectivity index (χ2n) is 3.35. The lowest BCUT2D eigenvalue weighted by Gasteiger charge is -2.11. The number of hydrogen-bond donors (Lipinski definition) is 1. The molecule has 0 fully saturated rings. The third-order valence-corrected chi connectivity index (χ3v) is 2.31. The standard InChI is InChI=1S/C12H12N2O2/c1-16-11-4-2-3-9(5-11)12(15)10-6-13-8-14-7-10/h2-8,12,15H,1H3. The first kappa shape index (κ1) is 10.6. The summed E-state index contributed by atoms with van der Waals surface area (Å²) in [4.78, 5) is 7.74. The molecule has 4 heteroatoms. The van der Waals surface area contributed by atoms with Crippen LogP contribution in [0.4, 0.5) is 0 Å². The van der Waals surface area contributed by atoms with Crippen molar-refractivity contribution in [2.75, 3.05) is 7.11 Å². The maximum absolute atomic E-state index is 10.1. The number of rotatable bonds is 3. The molecule has 0 saturated heterocycles. The van der Waals surface area contributed by atoms with Crippen molar-refractivity contribution in [1.29, 1.82) is 0 Å². The molecule has 1 aromatic carbocycles. The normalized spacial score (nSPS) is 12.1. The van der Waals surface area contributed by atoms with E-state index in [9.17, 15) is 5.11 Å². The van der Waals surface area contributed by atoms with Crippen LogP contribution >= 0.6 is 0 Å². The Labute approximate surface area is 93.6 Å². The van der Waals surface area contributed by atoms with Gasteiger partial charge in [-0.15, -0.1) is 0 Å². The van der Waals surface area contributed by atoms with Gasteiger partial charge in [-0.05, 0) is 17.7 Å². The number of ether oxygens (including phenoxy) is 1. The van der Waals surface area contributed by atoms with E-state index in [1.54, 1.807) is 25.6 Å². The molecule has 2 rings (SSSR count). The molecule has 0 spiro atoms. The summed E-state index contributed by atoms with van der Waals surface area (Å²) in [5, 5.41) is 10.1. The zero-order chi connectivity index (χ0) is 11.4. The highest BCUT2D eigenvalue weighted by atomic mass is 16.5. The fourth-order valence-electron chi connectivity index (χ4n) is 1.46. The van der Waals surface area contributed by atoms with E-state index in [-0.39, 0.29) is 0 Å². The number of nitrogens with zero attached hydrogens (tertiary/aromatic N) is 2. The Morgan fingerprint density at radius 1 is 1.19 bits per heavy atom. The zero-order valence-electron chi connectivity index (χ0n) is 8.87. The minimum atomic E-state index is -0.726. The number of aliphatic hydroxyl groups is 1. The van der Waals surface area contributed by atoms with Gasteiger partial charge in [0, 0.05) is 18.0 Å². The van der Waals surface area contributed by atoms with Crippen LogP contribution in [0.2, 0.25) is 0 Å². The lowest BCUT2D eigenvalue weighted by atomic mass is 10.0. The summed E-state index contributed by atoms with van der Waals surface area (Å²) in [7, 11) is 1.59. The molecule has 0 aliphatic heterocycles. The molecule has 0 radical (unpaired) electrons. The largest absolute Gasteiger partial charge is 0.497 e. The van der Waals surface area contributed by atoms with Crippen molar-refractivity contribution in [2.45, 2.75) is 6.10 Å². The van der Waals surface area contributed by atoms with Crippen LogP contribution in [0.25, 0.3) is 0 Å². The highest BCUT2D eigenvalue weighted by Crippen LogP contribution is 2.23. The summed E-state index contributed by atoms with van der Waals surface area (Å²) >= 11 is 0. The van der Waals surface area contributed by atoms with Crippen LogP contribution in [0.15, 0.2) is 43.0 Å². The summed E-state index contributed by atoms with van der Waals surface area (Å²) < 4.78 is 5.10. The molecule has 0 amide bonds. The van der Waals surface area contributed by atoms with Crippen molar-refractivity contribution >= 4 is 0 Å². The van der Waals surface area contributed by atoms with Crippen molar-refractivity contribution in [3.63, 3.8) is 0 Å². The van der Waals surface area contributed by atoms with E-state index in [0.717, 1.165) is 5.56 Å². The van der Waals surface area contributed by atoms with Gasteiger partial charge in [0.1, 0.15) is 18.2 Å². The van der Waals surface area contributed by atoms with Crippen LogP contribution in [-0.4, -0.2) is 22.2 Å². The Kier molecular flexibility index (Phi) is 3.12. The Morgan fingerprint density at radius 3 is 2.62 bits per heavy atom. The van der Waals surface area contributed by atoms with Crippen LogP contribution in [0, 0.1) is 0 Å². The first-order valence-electron chi connectivity index (χ1n) is 4.88. The van der Waals surface area contributed by atoms with Gasteiger partial charge in [0.2, 0.25) is 0 Å². The molecular formula is C12H12N2O2. The Bertz CT molecular complexity index is 460. The highest BCUT2D eigenvalue weighted by molar-refractivity contribution is 5.33. The summed E-state index contributed by atoms with van der Waals surface area (Å²) in [6.45, 7) is 0. The molecule has 82 valence electrons. The molecular weight excluding hydrogens is 204 g/mol. The summed E-state index contributed by atoms with van der Waals surface area (Å²) in [6, 6.07) is 7.29. The van der Waals surface area contributed by atoms with Gasteiger partial charge in [-0.3, -0.25) is 0 Å². The van der Waals surface area contributed by atoms with Crippen molar-refractivity contribution in [3.05, 3.63) is 54.1 Å². The Balaban J connectivity index is 2.30. The van der Waals surface area contributed by atoms with Gasteiger partial charge >= 0.3 is 0 Å². The summed E-state index contributed by atoms with van der Waals surface area (Å²) in [5.74, 6) is 0.716. The van der Waals surface area contributed by atoms with Gasteiger partial charge in [-0.1, -0.05) is 12.1 Å². The molecule has 0 saturated carbocycles. The highest BCUT2D eigenvalue weighted by Gasteiger charge is 2.11. The Morgan fingerprint density at radius 2 is 1.94 bits per heavy atom. The van der Waals surface area contributed by atoms with E-state index >= 15 is 0 Å². The quantitative estimate of drug-likeness (QED) is 0.846. The van der Waals surface area contributed by atoms with Crippen LogP contribution in [0.3, 0.4) is 0 Å². The average Bonchev–Trinajstić information content (AvgIpc) is 2.39. The molecule has 1 atom stereocenters. The van der Waals surface area contributed by atoms with Crippen molar-refractivity contribution in [2.24, 2.45) is 0 Å². The number of benzene rings is 1. The molecule has 2 aromatic rings. The number of hydrogen-bond acceptors (Lipinski definition) is 4. The summed E-state index contributed by atoms with van der Waals surface area (Å²) in [6.07, 6.45) is 3.90. The molecule has 1 N–H and O–H groups in total. The van der Waals surface area contributed by atoms with Crippen LogP contribution in [0.5, 0.6) is 5.75 Å². The van der Waals surface area contributed by atoms with Crippen LogP contribution in [-0.2, 0) is 0 Å². The molecule has 0 aliphatic carbocycles. The second kappa shape index (κ2) is 4.72. The lowest BCUT2D eigenvalue weighted by Crippen LogP contribution is -2.01. The summed E-state index contributed by atoms with van der Waals surface area (Å²) in [5.41, 5.74) is 1.42. The number of aliphatic hydroxyl groups excluding tert-OH is 1. The topological polar surface area (TPSA) is 55.2 Å². The zero-order valence-corrected chi connectivity index (χ0v) is 8.87. The maximum Gasteiger partial charge on any atom is 0.119 e. The monoisotopic (exact) mass is 216 g/mol. The van der Waals surface area contributed by atoms with Crippen LogP contribution < -0.4 is 4.74 Å². The Hall–Kier alpha value is -1.94. The minimum Gasteiger partial charge on any atom is -0.497 e. The molecule has 1 aromatic heterocycles. The van der Waals surface area contributed by atoms with E-state index in [2.05, 4.69) is 9.97 Å². The van der Waals surface area contributed by atoms with E-state index < -0.39 is 6.10 Å². The van der Waals surface area contributed by atoms with E-state index in [1.165, 1.54) is 6.33 Å². The van der Waals surface area contributed by atoms with Gasteiger partial charge in [0.05, 0.1) is 7.11 Å². The fraction of sp³-hybridized carbons (Fsp3) is 0.167. The maximum atomic E-state index is 10.1. The predicted molar refractivity (Wildman–Crippen MR) is 59.1 cm³/mol. The first-order chi connectivity index (χ1) is 7.81. The van der Waals surface area contributed by atoms with Gasteiger partial charge in [0.15, 0.2) is 0 Å². The van der Waals surface area contributed by atoms with Gasteiger partial charge in [-0.2, -0.15) is 0 Å². The minimum absolute atomic E-state index is 0.663. The van der Waals surface area contributed by atoms with E-state index in [1.807, 2.05) is 18.2 Å². The SMILES string of the molecule is COc1cccc(C(O)c2cncnc2)c1. The van der Waals surface area contributed by atoms with Crippen LogP contribution in [0.1, 0.15) is 17.2 Å². The van der Waals surface area contributed by atoms with Crippen molar-refractivity contribution in [1.82, 2.24) is 9.97 Å². The predicted octanol–water partition coefficient (Wildman–Crippen LogP) is 1.57. The third kappa shape index (κ3) is 2.17. The molecule has 16 heavy (non-hydrogen) atoms. The molecule has 4 nitrogen and oxygen atoms in total. The van der Waals surface area contributed by atoms with E-state index in [0.29, 0.717) is 11.3 Å². The van der Waals surface area contributed by atoms with Crippen molar-refractivity contribution < 1.29 is 9.84 Å². The smallest absolute Gasteiger partial charge is 0.119 e. The molecule has 1 heterocycles. The van der Waals surface area contributed by atoms with Crippen molar-refractivity contribution in [3.8, 4) is 5.75 Å². The number of methoxy groups -OCH3 is 1. The van der Waals surface area contributed by atoms with E-state index in [4.69, 9.17) is 4.74 Å². The first-order valence-corrected chi connectivity index (χ1v) is 4.88. The molecule has 0 bridgehead atoms. The fourth-order valence-corrected chi connectivity index (χ4v) is 1.46. The van der Waals surface area contributed by atoms with Gasteiger partial charge in [-0.25, -0.2) is 9.97 Å². The van der Waals surface area contributed by atoms with Gasteiger partial charge < -0.3 is 9.84 Å². The molecule has 0 aliphatic rings. The molecule has 1 unspecified atom stereocenters. The third-order valence-electron chi connectivity index (χ3n) is 2.31. The van der Waals surface area contributed by atoms with Gasteiger partial charge in [0.25, 0.3) is 0 Å². The lowest BCUT2D eigenvalue weighted by molar-refractivity contribution is 0.219. The second-order valence-corrected chi connectivity index (χ2v) is 3.35. The number of aromatic nitrogens is 2. The average molecular weight is 216 g/mol.